The van der Waals surface area contributed by atoms with Crippen LogP contribution in [0.25, 0.3) is 5.52 Å². The van der Waals surface area contributed by atoms with Crippen LogP contribution < -0.4 is 0 Å². The topological polar surface area (TPSA) is 41.1 Å². The van der Waals surface area contributed by atoms with E-state index in [1.54, 1.807) is 23.0 Å². The molecule has 0 fully saturated rings. The fraction of sp³-hybridized carbons (Fsp3) is 0. The molecule has 0 aromatic carbocycles. The van der Waals surface area contributed by atoms with E-state index in [-0.39, 0.29) is 0 Å². The van der Waals surface area contributed by atoms with Crippen molar-refractivity contribution in [1.29, 1.82) is 5.26 Å². The predicted molar refractivity (Wildman–Crippen MR) is 39.9 cm³/mol. The first-order chi connectivity index (χ1) is 5.40. The van der Waals surface area contributed by atoms with E-state index in [4.69, 9.17) is 5.26 Å². The second kappa shape index (κ2) is 2.10. The summed E-state index contributed by atoms with van der Waals surface area (Å²) in [6.07, 6.45) is 3.41. The number of nitriles is 1. The van der Waals surface area contributed by atoms with Crippen molar-refractivity contribution in [3.05, 3.63) is 36.2 Å². The van der Waals surface area contributed by atoms with Crippen LogP contribution in [0.2, 0.25) is 0 Å². The summed E-state index contributed by atoms with van der Waals surface area (Å²) in [6, 6.07) is 7.58. The minimum atomic E-state index is 0.626. The smallest absolute Gasteiger partial charge is 0.101 e. The lowest BCUT2D eigenvalue weighted by molar-refractivity contribution is 0.957. The molecule has 0 unspecified atom stereocenters. The highest BCUT2D eigenvalue weighted by Gasteiger charge is 1.93. The lowest BCUT2D eigenvalue weighted by Gasteiger charge is -1.91. The van der Waals surface area contributed by atoms with Gasteiger partial charge in [0.15, 0.2) is 0 Å². The van der Waals surface area contributed by atoms with E-state index in [9.17, 15) is 0 Å². The molecule has 2 rings (SSSR count). The highest BCUT2D eigenvalue weighted by Crippen LogP contribution is 2.03. The Hall–Kier alpha value is -1.82. The fourth-order valence-electron chi connectivity index (χ4n) is 0.980. The molecule has 0 saturated carbocycles. The van der Waals surface area contributed by atoms with Crippen LogP contribution in [0.4, 0.5) is 0 Å². The molecule has 0 amide bonds. The Labute approximate surface area is 63.5 Å². The number of pyridine rings is 1. The van der Waals surface area contributed by atoms with Crippen LogP contribution >= 0.6 is 0 Å². The molecule has 11 heavy (non-hydrogen) atoms. The molecular weight excluding hydrogens is 138 g/mol. The van der Waals surface area contributed by atoms with Crippen LogP contribution in [0.1, 0.15) is 5.56 Å². The molecule has 0 bridgehead atoms. The van der Waals surface area contributed by atoms with Crippen molar-refractivity contribution in [3.63, 3.8) is 0 Å². The average Bonchev–Trinajstić information content (AvgIpc) is 2.50. The lowest BCUT2D eigenvalue weighted by atomic mass is 10.3. The zero-order valence-electron chi connectivity index (χ0n) is 5.73. The van der Waals surface area contributed by atoms with Crippen molar-refractivity contribution in [3.8, 4) is 6.07 Å². The van der Waals surface area contributed by atoms with E-state index < -0.39 is 0 Å². The highest BCUT2D eigenvalue weighted by molar-refractivity contribution is 5.47. The highest BCUT2D eigenvalue weighted by atomic mass is 15.2. The van der Waals surface area contributed by atoms with Gasteiger partial charge in [-0.05, 0) is 18.2 Å². The van der Waals surface area contributed by atoms with Crippen molar-refractivity contribution in [2.45, 2.75) is 0 Å². The third-order valence-corrected chi connectivity index (χ3v) is 1.53. The molecule has 0 saturated heterocycles. The van der Waals surface area contributed by atoms with E-state index in [2.05, 4.69) is 5.10 Å². The molecule has 3 heteroatoms. The normalized spacial score (nSPS) is 9.73. The number of fused-ring (bicyclic) bond motifs is 1. The second-order valence-corrected chi connectivity index (χ2v) is 2.23. The summed E-state index contributed by atoms with van der Waals surface area (Å²) in [6.45, 7) is 0. The first kappa shape index (κ1) is 5.93. The summed E-state index contributed by atoms with van der Waals surface area (Å²) in [4.78, 5) is 0. The summed E-state index contributed by atoms with van der Waals surface area (Å²) in [5.41, 5.74) is 1.63. The van der Waals surface area contributed by atoms with E-state index in [0.29, 0.717) is 5.56 Å². The Morgan fingerprint density at radius 3 is 3.09 bits per heavy atom. The van der Waals surface area contributed by atoms with Crippen LogP contribution in [-0.2, 0) is 0 Å². The predicted octanol–water partition coefficient (Wildman–Crippen LogP) is 1.21. The zero-order chi connectivity index (χ0) is 7.68. The van der Waals surface area contributed by atoms with Gasteiger partial charge in [0.2, 0.25) is 0 Å². The average molecular weight is 143 g/mol. The van der Waals surface area contributed by atoms with E-state index in [0.717, 1.165) is 5.52 Å². The molecule has 0 aliphatic rings. The summed E-state index contributed by atoms with van der Waals surface area (Å²) in [5.74, 6) is 0. The van der Waals surface area contributed by atoms with Crippen LogP contribution in [0.15, 0.2) is 30.6 Å². The van der Waals surface area contributed by atoms with Crippen LogP contribution in [-0.4, -0.2) is 9.61 Å². The van der Waals surface area contributed by atoms with Gasteiger partial charge < -0.3 is 0 Å². The van der Waals surface area contributed by atoms with Crippen molar-refractivity contribution >= 4 is 5.52 Å². The molecule has 0 aliphatic heterocycles. The summed E-state index contributed by atoms with van der Waals surface area (Å²) in [7, 11) is 0. The van der Waals surface area contributed by atoms with Gasteiger partial charge in [0.25, 0.3) is 0 Å². The Balaban J connectivity index is 2.79. The maximum absolute atomic E-state index is 8.54. The Morgan fingerprint density at radius 1 is 1.36 bits per heavy atom. The number of hydrogen-bond donors (Lipinski definition) is 0. The van der Waals surface area contributed by atoms with Gasteiger partial charge in [0.05, 0.1) is 11.1 Å². The van der Waals surface area contributed by atoms with Crippen LogP contribution in [0, 0.1) is 11.3 Å². The third-order valence-electron chi connectivity index (χ3n) is 1.53. The molecule has 2 aromatic heterocycles. The van der Waals surface area contributed by atoms with Gasteiger partial charge in [0, 0.05) is 12.4 Å². The molecule has 2 aromatic rings. The monoisotopic (exact) mass is 143 g/mol. The summed E-state index contributed by atoms with van der Waals surface area (Å²) < 4.78 is 1.68. The van der Waals surface area contributed by atoms with Crippen LogP contribution in [0.3, 0.4) is 0 Å². The number of rotatable bonds is 0. The molecule has 52 valence electrons. The van der Waals surface area contributed by atoms with Crippen molar-refractivity contribution in [1.82, 2.24) is 9.61 Å². The largest absolute Gasteiger partial charge is 0.240 e. The van der Waals surface area contributed by atoms with Gasteiger partial charge in [-0.15, -0.1) is 0 Å². The Morgan fingerprint density at radius 2 is 2.27 bits per heavy atom. The number of nitrogens with zero attached hydrogens (tertiary/aromatic N) is 3. The standard InChI is InChI=1S/C8H5N3/c9-5-7-1-2-8-3-4-10-11(8)6-7/h1-4,6H. The minimum Gasteiger partial charge on any atom is -0.240 e. The number of aromatic nitrogens is 2. The van der Waals surface area contributed by atoms with E-state index in [1.165, 1.54) is 0 Å². The van der Waals surface area contributed by atoms with Crippen molar-refractivity contribution < 1.29 is 0 Å². The fourth-order valence-corrected chi connectivity index (χ4v) is 0.980. The van der Waals surface area contributed by atoms with Gasteiger partial charge in [-0.3, -0.25) is 0 Å². The van der Waals surface area contributed by atoms with E-state index in [1.807, 2.05) is 18.2 Å². The maximum Gasteiger partial charge on any atom is 0.101 e. The molecular formula is C8H5N3. The number of hydrogen-bond acceptors (Lipinski definition) is 2. The first-order valence-corrected chi connectivity index (χ1v) is 3.23. The van der Waals surface area contributed by atoms with Crippen LogP contribution in [0.5, 0.6) is 0 Å². The Kier molecular flexibility index (Phi) is 1.13. The molecule has 0 spiro atoms. The van der Waals surface area contributed by atoms with Crippen molar-refractivity contribution in [2.24, 2.45) is 0 Å². The van der Waals surface area contributed by atoms with Gasteiger partial charge in [-0.1, -0.05) is 0 Å². The van der Waals surface area contributed by atoms with E-state index >= 15 is 0 Å². The summed E-state index contributed by atoms with van der Waals surface area (Å²) >= 11 is 0. The van der Waals surface area contributed by atoms with Crippen molar-refractivity contribution in [2.75, 3.05) is 0 Å². The lowest BCUT2D eigenvalue weighted by Crippen LogP contribution is -1.86. The molecule has 0 N–H and O–H groups in total. The molecule has 2 heterocycles. The SMILES string of the molecule is N#Cc1ccc2ccnn2c1. The van der Waals surface area contributed by atoms with Gasteiger partial charge in [-0.2, -0.15) is 10.4 Å². The van der Waals surface area contributed by atoms with Gasteiger partial charge >= 0.3 is 0 Å². The first-order valence-electron chi connectivity index (χ1n) is 3.23. The second-order valence-electron chi connectivity index (χ2n) is 2.23. The molecule has 0 aliphatic carbocycles. The minimum absolute atomic E-state index is 0.626. The maximum atomic E-state index is 8.54. The van der Waals surface area contributed by atoms with Gasteiger partial charge in [-0.25, -0.2) is 4.52 Å². The molecule has 0 atom stereocenters. The zero-order valence-corrected chi connectivity index (χ0v) is 5.73. The summed E-state index contributed by atoms with van der Waals surface area (Å²) in [5, 5.41) is 12.5. The third kappa shape index (κ3) is 0.849. The molecule has 3 nitrogen and oxygen atoms in total. The quantitative estimate of drug-likeness (QED) is 0.556. The Bertz CT molecular complexity index is 422. The van der Waals surface area contributed by atoms with Gasteiger partial charge in [0.1, 0.15) is 6.07 Å². The molecule has 0 radical (unpaired) electrons.